The van der Waals surface area contributed by atoms with Crippen LogP contribution in [0.4, 0.5) is 0 Å². The highest BCUT2D eigenvalue weighted by molar-refractivity contribution is 9.10. The topological polar surface area (TPSA) is 9.23 Å². The van der Waals surface area contributed by atoms with Gasteiger partial charge < -0.3 is 4.74 Å². The van der Waals surface area contributed by atoms with E-state index in [2.05, 4.69) is 31.9 Å². The van der Waals surface area contributed by atoms with E-state index in [4.69, 9.17) is 16.3 Å². The van der Waals surface area contributed by atoms with Crippen molar-refractivity contribution in [3.8, 4) is 5.75 Å². The minimum Gasteiger partial charge on any atom is -0.488 e. The quantitative estimate of drug-likeness (QED) is 0.608. The fourth-order valence-electron chi connectivity index (χ4n) is 1.37. The third-order valence-electron chi connectivity index (χ3n) is 2.17. The van der Waals surface area contributed by atoms with Gasteiger partial charge in [0.2, 0.25) is 0 Å². The van der Waals surface area contributed by atoms with Gasteiger partial charge in [0.25, 0.3) is 0 Å². The summed E-state index contributed by atoms with van der Waals surface area (Å²) in [6.45, 7) is 0.555. The Morgan fingerprint density at radius 1 is 1.24 bits per heavy atom. The van der Waals surface area contributed by atoms with Crippen LogP contribution in [0.3, 0.4) is 0 Å². The fraction of sp³-hybridized carbons (Fsp3) is 0.167. The molecule has 2 rings (SSSR count). The van der Waals surface area contributed by atoms with Crippen molar-refractivity contribution in [1.82, 2.24) is 0 Å². The van der Waals surface area contributed by atoms with Crippen molar-refractivity contribution in [2.24, 2.45) is 0 Å². The number of halogens is 3. The minimum atomic E-state index is 0.555. The number of thiophene rings is 1. The molecule has 0 amide bonds. The van der Waals surface area contributed by atoms with Gasteiger partial charge in [-0.3, -0.25) is 0 Å². The summed E-state index contributed by atoms with van der Waals surface area (Å²) < 4.78 is 7.63. The maximum absolute atomic E-state index is 5.87. The van der Waals surface area contributed by atoms with E-state index in [-0.39, 0.29) is 0 Å². The van der Waals surface area contributed by atoms with Gasteiger partial charge in [-0.15, -0.1) is 11.3 Å². The number of rotatable bonds is 4. The first kappa shape index (κ1) is 13.4. The molecule has 0 unspecified atom stereocenters. The van der Waals surface area contributed by atoms with Crippen LogP contribution in [0.1, 0.15) is 10.4 Å². The molecule has 0 N–H and O–H groups in total. The summed E-state index contributed by atoms with van der Waals surface area (Å²) in [6, 6.07) is 9.86. The molecule has 0 aliphatic rings. The van der Waals surface area contributed by atoms with Gasteiger partial charge in [-0.2, -0.15) is 0 Å². The summed E-state index contributed by atoms with van der Waals surface area (Å²) in [4.78, 5) is 1.12. The van der Waals surface area contributed by atoms with E-state index in [1.807, 2.05) is 30.3 Å². The molecule has 1 nitrogen and oxygen atoms in total. The third kappa shape index (κ3) is 3.71. The Kier molecular flexibility index (Phi) is 4.91. The van der Waals surface area contributed by atoms with Crippen LogP contribution in [0.25, 0.3) is 0 Å². The Labute approximate surface area is 126 Å². The lowest BCUT2D eigenvalue weighted by Gasteiger charge is -2.09. The van der Waals surface area contributed by atoms with Crippen LogP contribution in [0.15, 0.2) is 34.8 Å². The lowest BCUT2D eigenvalue weighted by atomic mass is 10.2. The summed E-state index contributed by atoms with van der Waals surface area (Å²) in [5.74, 6) is 0.898. The van der Waals surface area contributed by atoms with Crippen LogP contribution >= 0.6 is 54.8 Å². The Balaban J connectivity index is 2.08. The molecule has 0 atom stereocenters. The molecule has 5 heteroatoms. The maximum Gasteiger partial charge on any atom is 0.123 e. The number of benzene rings is 1. The Hall–Kier alpha value is -0.0300. The van der Waals surface area contributed by atoms with E-state index in [1.165, 1.54) is 0 Å². The second-order valence-corrected chi connectivity index (χ2v) is 6.66. The molecule has 0 aliphatic heterocycles. The van der Waals surface area contributed by atoms with Crippen LogP contribution in [-0.4, -0.2) is 0 Å². The molecule has 2 aromatic rings. The van der Waals surface area contributed by atoms with Gasteiger partial charge in [0.15, 0.2) is 0 Å². The van der Waals surface area contributed by atoms with Gasteiger partial charge >= 0.3 is 0 Å². The van der Waals surface area contributed by atoms with Crippen molar-refractivity contribution >= 4 is 54.8 Å². The van der Waals surface area contributed by atoms with E-state index in [0.29, 0.717) is 6.61 Å². The molecule has 0 radical (unpaired) electrons. The van der Waals surface area contributed by atoms with Gasteiger partial charge in [-0.1, -0.05) is 43.5 Å². The fourth-order valence-corrected chi connectivity index (χ4v) is 3.22. The van der Waals surface area contributed by atoms with Crippen molar-refractivity contribution in [2.45, 2.75) is 11.9 Å². The normalized spacial score (nSPS) is 10.5. The second kappa shape index (κ2) is 6.23. The second-order valence-electron chi connectivity index (χ2n) is 3.38. The monoisotopic (exact) mass is 394 g/mol. The minimum absolute atomic E-state index is 0.555. The lowest BCUT2D eigenvalue weighted by molar-refractivity contribution is 0.307. The zero-order valence-corrected chi connectivity index (χ0v) is 13.5. The molecule has 17 heavy (non-hydrogen) atoms. The lowest BCUT2D eigenvalue weighted by Crippen LogP contribution is -1.95. The first-order valence-corrected chi connectivity index (χ1v) is 8.01. The van der Waals surface area contributed by atoms with Crippen molar-refractivity contribution in [2.75, 3.05) is 0 Å². The molecular weight excluding hydrogens is 387 g/mol. The van der Waals surface area contributed by atoms with Crippen molar-refractivity contribution < 1.29 is 4.74 Å². The van der Waals surface area contributed by atoms with Crippen molar-refractivity contribution in [3.63, 3.8) is 0 Å². The highest BCUT2D eigenvalue weighted by Crippen LogP contribution is 2.27. The molecule has 90 valence electrons. The maximum atomic E-state index is 5.87. The SMILES string of the molecule is Clc1ccc(COc2ccc(Br)cc2CBr)s1. The number of hydrogen-bond donors (Lipinski definition) is 0. The van der Waals surface area contributed by atoms with E-state index in [9.17, 15) is 0 Å². The highest BCUT2D eigenvalue weighted by atomic mass is 79.9. The van der Waals surface area contributed by atoms with Gasteiger partial charge in [0.1, 0.15) is 12.4 Å². The largest absolute Gasteiger partial charge is 0.488 e. The summed E-state index contributed by atoms with van der Waals surface area (Å²) in [6.07, 6.45) is 0. The average molecular weight is 397 g/mol. The van der Waals surface area contributed by atoms with Gasteiger partial charge in [-0.25, -0.2) is 0 Å². The van der Waals surface area contributed by atoms with Crippen molar-refractivity contribution in [1.29, 1.82) is 0 Å². The van der Waals surface area contributed by atoms with Crippen LogP contribution in [0.5, 0.6) is 5.75 Å². The van der Waals surface area contributed by atoms with E-state index in [1.54, 1.807) is 11.3 Å². The van der Waals surface area contributed by atoms with Crippen LogP contribution < -0.4 is 4.74 Å². The predicted molar refractivity (Wildman–Crippen MR) is 80.4 cm³/mol. The Morgan fingerprint density at radius 3 is 2.71 bits per heavy atom. The van der Waals surface area contributed by atoms with E-state index >= 15 is 0 Å². The van der Waals surface area contributed by atoms with E-state index < -0.39 is 0 Å². The zero-order valence-electron chi connectivity index (χ0n) is 8.75. The van der Waals surface area contributed by atoms with Gasteiger partial charge in [-0.05, 0) is 30.3 Å². The molecule has 1 aromatic heterocycles. The Bertz CT molecular complexity index is 513. The zero-order chi connectivity index (χ0) is 12.3. The summed E-state index contributed by atoms with van der Waals surface area (Å²) in [5, 5.41) is 0.771. The van der Waals surface area contributed by atoms with E-state index in [0.717, 1.165) is 30.3 Å². The molecule has 0 fully saturated rings. The first-order chi connectivity index (χ1) is 8.19. The highest BCUT2D eigenvalue weighted by Gasteiger charge is 2.05. The molecule has 0 aliphatic carbocycles. The van der Waals surface area contributed by atoms with Gasteiger partial charge in [0, 0.05) is 20.2 Å². The molecule has 1 heterocycles. The standard InChI is InChI=1S/C12H9Br2ClOS/c13-6-8-5-9(14)1-3-11(8)16-7-10-2-4-12(15)17-10/h1-5H,6-7H2. The molecule has 1 aromatic carbocycles. The average Bonchev–Trinajstić information content (AvgIpc) is 2.73. The molecule has 0 saturated carbocycles. The first-order valence-electron chi connectivity index (χ1n) is 4.90. The summed E-state index contributed by atoms with van der Waals surface area (Å²) >= 11 is 14.3. The molecule has 0 spiro atoms. The summed E-state index contributed by atoms with van der Waals surface area (Å²) in [5.41, 5.74) is 1.13. The van der Waals surface area contributed by atoms with Crippen LogP contribution in [-0.2, 0) is 11.9 Å². The smallest absolute Gasteiger partial charge is 0.123 e. The van der Waals surface area contributed by atoms with Crippen LogP contribution in [0.2, 0.25) is 4.34 Å². The van der Waals surface area contributed by atoms with Crippen molar-refractivity contribution in [3.05, 3.63) is 49.6 Å². The third-order valence-corrected chi connectivity index (χ3v) is 4.47. The number of alkyl halides is 1. The predicted octanol–water partition coefficient (Wildman–Crippen LogP) is 5.64. The number of hydrogen-bond acceptors (Lipinski definition) is 2. The van der Waals surface area contributed by atoms with Gasteiger partial charge in [0.05, 0.1) is 4.34 Å². The summed E-state index contributed by atoms with van der Waals surface area (Å²) in [7, 11) is 0. The molecule has 0 saturated heterocycles. The molecular formula is C12H9Br2ClOS. The molecule has 0 bridgehead atoms. The Morgan fingerprint density at radius 2 is 2.06 bits per heavy atom. The van der Waals surface area contributed by atoms with Crippen LogP contribution in [0, 0.1) is 0 Å². The number of ether oxygens (including phenoxy) is 1.